The average molecular weight is 418 g/mol. The van der Waals surface area contributed by atoms with E-state index in [9.17, 15) is 14.4 Å². The van der Waals surface area contributed by atoms with Gasteiger partial charge in [0.1, 0.15) is 6.04 Å². The van der Waals surface area contributed by atoms with Crippen LogP contribution in [0.15, 0.2) is 42.7 Å². The van der Waals surface area contributed by atoms with E-state index in [0.717, 1.165) is 38.0 Å². The Hall–Kier alpha value is -3.06. The van der Waals surface area contributed by atoms with Crippen LogP contribution in [0.25, 0.3) is 0 Å². The summed E-state index contributed by atoms with van der Waals surface area (Å²) in [6, 6.07) is 9.73. The fraction of sp³-hybridized carbons (Fsp3) is 0.417. The van der Waals surface area contributed by atoms with Crippen molar-refractivity contribution in [3.8, 4) is 0 Å². The number of nitrogens with one attached hydrogen (secondary N) is 1. The summed E-state index contributed by atoms with van der Waals surface area (Å²) in [4.78, 5) is 44.7. The SMILES string of the molecule is O=C1CCC(N2Cc3cc(C4CCN(Cc5ccncc5)CC4)ccc3C2=O)C(=O)N1. The maximum Gasteiger partial charge on any atom is 0.255 e. The Kier molecular flexibility index (Phi) is 5.28. The lowest BCUT2D eigenvalue weighted by Gasteiger charge is -2.32. The number of fused-ring (bicyclic) bond motifs is 1. The summed E-state index contributed by atoms with van der Waals surface area (Å²) in [5, 5.41) is 2.36. The van der Waals surface area contributed by atoms with Gasteiger partial charge in [-0.05, 0) is 73.2 Å². The molecule has 3 amide bonds. The molecule has 31 heavy (non-hydrogen) atoms. The molecule has 3 aliphatic heterocycles. The van der Waals surface area contributed by atoms with Crippen LogP contribution in [-0.2, 0) is 22.7 Å². The van der Waals surface area contributed by atoms with Gasteiger partial charge in [-0.15, -0.1) is 0 Å². The molecule has 0 saturated carbocycles. The van der Waals surface area contributed by atoms with Gasteiger partial charge >= 0.3 is 0 Å². The summed E-state index contributed by atoms with van der Waals surface area (Å²) in [7, 11) is 0. The Morgan fingerprint density at radius 2 is 1.77 bits per heavy atom. The number of piperidine rings is 2. The first-order valence-corrected chi connectivity index (χ1v) is 11.0. The van der Waals surface area contributed by atoms with Crippen LogP contribution in [0.4, 0.5) is 0 Å². The van der Waals surface area contributed by atoms with Crippen molar-refractivity contribution in [2.24, 2.45) is 0 Å². The summed E-state index contributed by atoms with van der Waals surface area (Å²) in [6.07, 6.45) is 6.54. The van der Waals surface area contributed by atoms with Gasteiger partial charge in [-0.2, -0.15) is 0 Å². The first-order chi connectivity index (χ1) is 15.1. The zero-order valence-electron chi connectivity index (χ0n) is 17.4. The number of nitrogens with zero attached hydrogens (tertiary/aromatic N) is 3. The summed E-state index contributed by atoms with van der Waals surface area (Å²) < 4.78 is 0. The molecule has 1 atom stereocenters. The number of hydrogen-bond acceptors (Lipinski definition) is 5. The van der Waals surface area contributed by atoms with Gasteiger partial charge in [-0.1, -0.05) is 12.1 Å². The third kappa shape index (κ3) is 3.97. The highest BCUT2D eigenvalue weighted by Crippen LogP contribution is 2.33. The third-order valence-corrected chi connectivity index (χ3v) is 6.76. The van der Waals surface area contributed by atoms with Crippen LogP contribution in [0.5, 0.6) is 0 Å². The standard InChI is InChI=1S/C24H26N4O3/c29-22-4-3-21(23(30)26-22)28-15-19-13-18(1-2-20(19)24(28)31)17-7-11-27(12-8-17)14-16-5-9-25-10-6-16/h1-2,5-6,9-10,13,17,21H,3-4,7-8,11-12,14-15H2,(H,26,29,30). The van der Waals surface area contributed by atoms with Crippen LogP contribution in [0.3, 0.4) is 0 Å². The molecule has 2 fully saturated rings. The van der Waals surface area contributed by atoms with Gasteiger partial charge in [0.15, 0.2) is 0 Å². The van der Waals surface area contributed by atoms with Gasteiger partial charge in [0.2, 0.25) is 11.8 Å². The maximum atomic E-state index is 12.9. The van der Waals surface area contributed by atoms with E-state index in [1.165, 1.54) is 11.1 Å². The molecule has 1 unspecified atom stereocenters. The van der Waals surface area contributed by atoms with Crippen LogP contribution >= 0.6 is 0 Å². The third-order valence-electron chi connectivity index (χ3n) is 6.76. The van der Waals surface area contributed by atoms with Crippen molar-refractivity contribution in [3.63, 3.8) is 0 Å². The Morgan fingerprint density at radius 1 is 1.00 bits per heavy atom. The van der Waals surface area contributed by atoms with Crippen molar-refractivity contribution in [2.45, 2.75) is 50.7 Å². The van der Waals surface area contributed by atoms with Crippen molar-refractivity contribution in [3.05, 3.63) is 65.0 Å². The molecule has 5 rings (SSSR count). The highest BCUT2D eigenvalue weighted by atomic mass is 16.2. The van der Waals surface area contributed by atoms with Crippen LogP contribution in [-0.4, -0.2) is 51.6 Å². The number of likely N-dealkylation sites (tertiary alicyclic amines) is 1. The second kappa shape index (κ2) is 8.23. The maximum absolute atomic E-state index is 12.9. The Labute approximate surface area is 181 Å². The minimum Gasteiger partial charge on any atom is -0.322 e. The monoisotopic (exact) mass is 418 g/mol. The Balaban J connectivity index is 1.24. The molecule has 7 nitrogen and oxygen atoms in total. The molecular weight excluding hydrogens is 392 g/mol. The van der Waals surface area contributed by atoms with E-state index in [2.05, 4.69) is 39.5 Å². The average Bonchev–Trinajstić information content (AvgIpc) is 3.10. The molecule has 0 radical (unpaired) electrons. The molecule has 1 aromatic heterocycles. The van der Waals surface area contributed by atoms with E-state index in [-0.39, 0.29) is 24.1 Å². The summed E-state index contributed by atoms with van der Waals surface area (Å²) in [6.45, 7) is 3.49. The van der Waals surface area contributed by atoms with Gasteiger partial charge in [0, 0.05) is 37.5 Å². The van der Waals surface area contributed by atoms with Crippen molar-refractivity contribution in [1.29, 1.82) is 0 Å². The first-order valence-electron chi connectivity index (χ1n) is 11.0. The molecule has 3 aliphatic rings. The zero-order valence-corrected chi connectivity index (χ0v) is 17.4. The van der Waals surface area contributed by atoms with Crippen LogP contribution in [0, 0.1) is 0 Å². The quantitative estimate of drug-likeness (QED) is 0.770. The minimum atomic E-state index is -0.558. The van der Waals surface area contributed by atoms with E-state index in [4.69, 9.17) is 0 Å². The number of pyridine rings is 1. The summed E-state index contributed by atoms with van der Waals surface area (Å²) in [5.41, 5.74) is 4.24. The molecule has 1 aromatic carbocycles. The second-order valence-electron chi connectivity index (χ2n) is 8.72. The Bertz CT molecular complexity index is 1010. The fourth-order valence-electron chi connectivity index (χ4n) is 5.02. The highest BCUT2D eigenvalue weighted by molar-refractivity contribution is 6.05. The number of carbonyl (C=O) groups is 3. The van der Waals surface area contributed by atoms with Gasteiger partial charge in [0.05, 0.1) is 0 Å². The lowest BCUT2D eigenvalue weighted by molar-refractivity contribution is -0.136. The van der Waals surface area contributed by atoms with Crippen LogP contribution < -0.4 is 5.32 Å². The molecule has 2 aromatic rings. The number of carbonyl (C=O) groups excluding carboxylic acids is 3. The van der Waals surface area contributed by atoms with Gasteiger partial charge in [-0.25, -0.2) is 0 Å². The molecule has 2 saturated heterocycles. The number of aromatic nitrogens is 1. The smallest absolute Gasteiger partial charge is 0.255 e. The molecule has 7 heteroatoms. The predicted octanol–water partition coefficient (Wildman–Crippen LogP) is 2.22. The van der Waals surface area contributed by atoms with Gasteiger partial charge in [0.25, 0.3) is 5.91 Å². The molecule has 0 spiro atoms. The molecule has 0 bridgehead atoms. The van der Waals surface area contributed by atoms with Crippen LogP contribution in [0.1, 0.15) is 58.6 Å². The molecule has 1 N–H and O–H groups in total. The van der Waals surface area contributed by atoms with E-state index in [0.29, 0.717) is 24.4 Å². The number of imide groups is 1. The van der Waals surface area contributed by atoms with Gasteiger partial charge < -0.3 is 4.90 Å². The number of rotatable bonds is 4. The van der Waals surface area contributed by atoms with E-state index < -0.39 is 6.04 Å². The highest BCUT2D eigenvalue weighted by Gasteiger charge is 2.39. The van der Waals surface area contributed by atoms with Crippen LogP contribution in [0.2, 0.25) is 0 Å². The minimum absolute atomic E-state index is 0.108. The molecule has 0 aliphatic carbocycles. The number of hydrogen-bond donors (Lipinski definition) is 1. The molecule has 160 valence electrons. The van der Waals surface area contributed by atoms with E-state index in [1.54, 1.807) is 4.90 Å². The van der Waals surface area contributed by atoms with E-state index in [1.807, 2.05) is 18.5 Å². The number of benzene rings is 1. The van der Waals surface area contributed by atoms with Crippen molar-refractivity contribution >= 4 is 17.7 Å². The predicted molar refractivity (Wildman–Crippen MR) is 114 cm³/mol. The summed E-state index contributed by atoms with van der Waals surface area (Å²) in [5.74, 6) is -0.246. The van der Waals surface area contributed by atoms with Crippen molar-refractivity contribution in [2.75, 3.05) is 13.1 Å². The molecule has 4 heterocycles. The largest absolute Gasteiger partial charge is 0.322 e. The lowest BCUT2D eigenvalue weighted by Crippen LogP contribution is -2.52. The number of amides is 3. The van der Waals surface area contributed by atoms with Gasteiger partial charge in [-0.3, -0.25) is 29.6 Å². The Morgan fingerprint density at radius 3 is 2.52 bits per heavy atom. The van der Waals surface area contributed by atoms with Crippen molar-refractivity contribution < 1.29 is 14.4 Å². The first kappa shape index (κ1) is 19.9. The topological polar surface area (TPSA) is 82.6 Å². The van der Waals surface area contributed by atoms with Crippen molar-refractivity contribution in [1.82, 2.24) is 20.1 Å². The second-order valence-corrected chi connectivity index (χ2v) is 8.72. The zero-order chi connectivity index (χ0) is 21.4. The van der Waals surface area contributed by atoms with E-state index >= 15 is 0 Å². The summed E-state index contributed by atoms with van der Waals surface area (Å²) >= 11 is 0. The molecular formula is C24H26N4O3. The normalized spacial score (nSPS) is 22.5. The lowest BCUT2D eigenvalue weighted by atomic mass is 9.88. The fourth-order valence-corrected chi connectivity index (χ4v) is 5.02.